The smallest absolute Gasteiger partial charge is 0.192 e. The van der Waals surface area contributed by atoms with Gasteiger partial charge in [0.2, 0.25) is 0 Å². The third kappa shape index (κ3) is 4.24. The molecule has 1 aromatic heterocycles. The molecule has 0 spiro atoms. The van der Waals surface area contributed by atoms with Crippen molar-refractivity contribution in [3.63, 3.8) is 0 Å². The van der Waals surface area contributed by atoms with Crippen LogP contribution >= 0.6 is 35.0 Å². The van der Waals surface area contributed by atoms with E-state index in [0.717, 1.165) is 16.3 Å². The van der Waals surface area contributed by atoms with Gasteiger partial charge in [0.25, 0.3) is 0 Å². The van der Waals surface area contributed by atoms with Crippen molar-refractivity contribution in [2.24, 2.45) is 0 Å². The fourth-order valence-electron chi connectivity index (χ4n) is 2.31. The Bertz CT molecular complexity index is 911. The Kier molecular flexibility index (Phi) is 5.78. The van der Waals surface area contributed by atoms with Gasteiger partial charge in [0.1, 0.15) is 5.82 Å². The molecule has 0 bridgehead atoms. The Hall–Kier alpha value is -1.82. The van der Waals surface area contributed by atoms with Crippen molar-refractivity contribution in [1.82, 2.24) is 14.8 Å². The van der Waals surface area contributed by atoms with Crippen LogP contribution in [-0.2, 0) is 12.3 Å². The summed E-state index contributed by atoms with van der Waals surface area (Å²) in [6, 6.07) is 11.8. The molecule has 0 saturated heterocycles. The number of hydrogen-bond donors (Lipinski definition) is 0. The molecule has 2 aromatic carbocycles. The van der Waals surface area contributed by atoms with Gasteiger partial charge in [-0.2, -0.15) is 0 Å². The van der Waals surface area contributed by atoms with Crippen LogP contribution in [0.2, 0.25) is 10.0 Å². The van der Waals surface area contributed by atoms with Crippen molar-refractivity contribution in [3.05, 3.63) is 76.5 Å². The number of benzene rings is 2. The quantitative estimate of drug-likeness (QED) is 0.387. The normalized spacial score (nSPS) is 10.8. The first-order chi connectivity index (χ1) is 12.1. The van der Waals surface area contributed by atoms with E-state index in [0.29, 0.717) is 28.2 Å². The molecule has 25 heavy (non-hydrogen) atoms. The van der Waals surface area contributed by atoms with E-state index in [1.54, 1.807) is 24.3 Å². The molecule has 0 aliphatic carbocycles. The van der Waals surface area contributed by atoms with E-state index in [9.17, 15) is 4.39 Å². The van der Waals surface area contributed by atoms with Crippen LogP contribution in [0.1, 0.15) is 5.56 Å². The zero-order chi connectivity index (χ0) is 17.8. The number of rotatable bonds is 6. The van der Waals surface area contributed by atoms with Crippen molar-refractivity contribution in [2.75, 3.05) is 0 Å². The summed E-state index contributed by atoms with van der Waals surface area (Å²) in [7, 11) is 0. The number of halogens is 3. The minimum Gasteiger partial charge on any atom is -0.298 e. The summed E-state index contributed by atoms with van der Waals surface area (Å²) in [5, 5.41) is 10.2. The zero-order valence-electron chi connectivity index (χ0n) is 13.1. The molecule has 0 radical (unpaired) electrons. The Morgan fingerprint density at radius 2 is 1.96 bits per heavy atom. The van der Waals surface area contributed by atoms with Crippen LogP contribution in [-0.4, -0.2) is 14.8 Å². The molecule has 1 heterocycles. The highest BCUT2D eigenvalue weighted by Gasteiger charge is 2.14. The maximum atomic E-state index is 13.3. The average molecular weight is 394 g/mol. The number of allylic oxidation sites excluding steroid dienone is 1. The van der Waals surface area contributed by atoms with E-state index in [2.05, 4.69) is 16.8 Å². The predicted octanol–water partition coefficient (Wildman–Crippen LogP) is 5.87. The lowest BCUT2D eigenvalue weighted by molar-refractivity contribution is 0.626. The summed E-state index contributed by atoms with van der Waals surface area (Å²) in [5.74, 6) is 1.02. The van der Waals surface area contributed by atoms with Crippen LogP contribution in [0.5, 0.6) is 0 Å². The van der Waals surface area contributed by atoms with Crippen LogP contribution < -0.4 is 0 Å². The topological polar surface area (TPSA) is 30.7 Å². The van der Waals surface area contributed by atoms with Gasteiger partial charge < -0.3 is 0 Å². The minimum absolute atomic E-state index is 0.248. The van der Waals surface area contributed by atoms with E-state index in [1.165, 1.54) is 23.9 Å². The first kappa shape index (κ1) is 18.0. The zero-order valence-corrected chi connectivity index (χ0v) is 15.5. The first-order valence-corrected chi connectivity index (χ1v) is 9.19. The molecular weight excluding hydrogens is 380 g/mol. The SMILES string of the molecule is C=CCn1c(SCc2cccc(F)c2)nnc1-c1ccc(Cl)c(Cl)c1. The Morgan fingerprint density at radius 1 is 1.12 bits per heavy atom. The maximum absolute atomic E-state index is 13.3. The fraction of sp³-hybridized carbons (Fsp3) is 0.111. The van der Waals surface area contributed by atoms with E-state index in [1.807, 2.05) is 16.7 Å². The van der Waals surface area contributed by atoms with Crippen LogP contribution in [0, 0.1) is 5.82 Å². The number of hydrogen-bond acceptors (Lipinski definition) is 3. The third-order valence-electron chi connectivity index (χ3n) is 3.46. The van der Waals surface area contributed by atoms with Crippen LogP contribution in [0.25, 0.3) is 11.4 Å². The van der Waals surface area contributed by atoms with Crippen molar-refractivity contribution in [1.29, 1.82) is 0 Å². The Balaban J connectivity index is 1.88. The summed E-state index contributed by atoms with van der Waals surface area (Å²) < 4.78 is 15.3. The molecule has 0 saturated carbocycles. The molecule has 3 aromatic rings. The molecule has 128 valence electrons. The van der Waals surface area contributed by atoms with Gasteiger partial charge in [-0.05, 0) is 35.9 Å². The second-order valence-electron chi connectivity index (χ2n) is 5.25. The lowest BCUT2D eigenvalue weighted by atomic mass is 10.2. The van der Waals surface area contributed by atoms with Gasteiger partial charge in [-0.1, -0.05) is 53.2 Å². The highest BCUT2D eigenvalue weighted by Crippen LogP contribution is 2.30. The fourth-order valence-corrected chi connectivity index (χ4v) is 3.50. The molecule has 0 amide bonds. The highest BCUT2D eigenvalue weighted by atomic mass is 35.5. The lowest BCUT2D eigenvalue weighted by Crippen LogP contribution is -2.00. The van der Waals surface area contributed by atoms with Crippen molar-refractivity contribution < 1.29 is 4.39 Å². The summed E-state index contributed by atoms with van der Waals surface area (Å²) >= 11 is 13.6. The molecule has 0 atom stereocenters. The van der Waals surface area contributed by atoms with Crippen LogP contribution in [0.15, 0.2) is 60.3 Å². The molecular formula is C18H14Cl2FN3S. The summed E-state index contributed by atoms with van der Waals surface area (Å²) in [6.07, 6.45) is 1.77. The Labute approximate surface area is 159 Å². The van der Waals surface area contributed by atoms with Crippen molar-refractivity contribution in [2.45, 2.75) is 17.5 Å². The number of nitrogens with zero attached hydrogens (tertiary/aromatic N) is 3. The molecule has 0 aliphatic rings. The number of thioether (sulfide) groups is 1. The van der Waals surface area contributed by atoms with Gasteiger partial charge in [0, 0.05) is 17.9 Å². The minimum atomic E-state index is -0.248. The van der Waals surface area contributed by atoms with E-state index < -0.39 is 0 Å². The van der Waals surface area contributed by atoms with Crippen molar-refractivity contribution in [3.8, 4) is 11.4 Å². The monoisotopic (exact) mass is 393 g/mol. The molecule has 0 aliphatic heterocycles. The molecule has 0 fully saturated rings. The number of aromatic nitrogens is 3. The third-order valence-corrected chi connectivity index (χ3v) is 5.24. The summed E-state index contributed by atoms with van der Waals surface area (Å²) in [4.78, 5) is 0. The predicted molar refractivity (Wildman–Crippen MR) is 102 cm³/mol. The standard InChI is InChI=1S/C18H14Cl2FN3S/c1-2-8-24-17(13-6-7-15(19)16(20)10-13)22-23-18(24)25-11-12-4-3-5-14(21)9-12/h2-7,9-10H,1,8,11H2. The van der Waals surface area contributed by atoms with Gasteiger partial charge in [0.15, 0.2) is 11.0 Å². The second-order valence-corrected chi connectivity index (χ2v) is 7.01. The molecule has 0 N–H and O–H groups in total. The molecule has 3 nitrogen and oxygen atoms in total. The Morgan fingerprint density at radius 3 is 2.68 bits per heavy atom. The van der Waals surface area contributed by atoms with Gasteiger partial charge in [-0.15, -0.1) is 16.8 Å². The highest BCUT2D eigenvalue weighted by molar-refractivity contribution is 7.98. The average Bonchev–Trinajstić information content (AvgIpc) is 2.99. The summed E-state index contributed by atoms with van der Waals surface area (Å²) in [6.45, 7) is 4.34. The molecule has 3 rings (SSSR count). The largest absolute Gasteiger partial charge is 0.298 e. The van der Waals surface area contributed by atoms with Crippen LogP contribution in [0.4, 0.5) is 4.39 Å². The van der Waals surface area contributed by atoms with E-state index >= 15 is 0 Å². The maximum Gasteiger partial charge on any atom is 0.192 e. The van der Waals surface area contributed by atoms with Gasteiger partial charge in [0.05, 0.1) is 10.0 Å². The lowest BCUT2D eigenvalue weighted by Gasteiger charge is -2.08. The molecule has 7 heteroatoms. The van der Waals surface area contributed by atoms with E-state index in [-0.39, 0.29) is 5.82 Å². The van der Waals surface area contributed by atoms with Crippen LogP contribution in [0.3, 0.4) is 0 Å². The molecule has 0 unspecified atom stereocenters. The summed E-state index contributed by atoms with van der Waals surface area (Å²) in [5.41, 5.74) is 1.70. The first-order valence-electron chi connectivity index (χ1n) is 7.45. The van der Waals surface area contributed by atoms with Crippen molar-refractivity contribution >= 4 is 35.0 Å². The van der Waals surface area contributed by atoms with Gasteiger partial charge in [-0.3, -0.25) is 4.57 Å². The van der Waals surface area contributed by atoms with Gasteiger partial charge in [-0.25, -0.2) is 4.39 Å². The van der Waals surface area contributed by atoms with E-state index in [4.69, 9.17) is 23.2 Å². The van der Waals surface area contributed by atoms with Gasteiger partial charge >= 0.3 is 0 Å². The second kappa shape index (κ2) is 8.04.